The van der Waals surface area contributed by atoms with Gasteiger partial charge in [-0.1, -0.05) is 18.5 Å². The van der Waals surface area contributed by atoms with Crippen LogP contribution in [-0.4, -0.2) is 24.4 Å². The van der Waals surface area contributed by atoms with Crippen LogP contribution < -0.4 is 10.2 Å². The van der Waals surface area contributed by atoms with Crippen LogP contribution in [-0.2, 0) is 9.59 Å². The first-order chi connectivity index (χ1) is 9.10. The van der Waals surface area contributed by atoms with Crippen molar-refractivity contribution >= 4 is 29.1 Å². The second-order valence-electron chi connectivity index (χ2n) is 4.70. The van der Waals surface area contributed by atoms with Gasteiger partial charge in [-0.2, -0.15) is 0 Å². The molecular formula is C14H17ClN2O2. The lowest BCUT2D eigenvalue weighted by molar-refractivity contribution is -0.121. The zero-order valence-corrected chi connectivity index (χ0v) is 11.6. The molecule has 0 unspecified atom stereocenters. The van der Waals surface area contributed by atoms with Crippen LogP contribution in [0.1, 0.15) is 26.2 Å². The van der Waals surface area contributed by atoms with Crippen molar-refractivity contribution in [1.82, 2.24) is 5.32 Å². The Morgan fingerprint density at radius 1 is 1.42 bits per heavy atom. The summed E-state index contributed by atoms with van der Waals surface area (Å²) < 4.78 is 0. The van der Waals surface area contributed by atoms with Crippen LogP contribution in [0.4, 0.5) is 5.69 Å². The third kappa shape index (κ3) is 3.47. The molecule has 1 aromatic carbocycles. The van der Waals surface area contributed by atoms with Gasteiger partial charge in [-0.15, -0.1) is 0 Å². The second-order valence-corrected chi connectivity index (χ2v) is 5.14. The maximum Gasteiger partial charge on any atom is 0.229 e. The Bertz CT molecular complexity index is 473. The van der Waals surface area contributed by atoms with E-state index < -0.39 is 0 Å². The maximum absolute atomic E-state index is 12.0. The van der Waals surface area contributed by atoms with E-state index in [1.807, 2.05) is 19.1 Å². The van der Waals surface area contributed by atoms with Crippen LogP contribution in [0.25, 0.3) is 0 Å². The number of hydrogen-bond donors (Lipinski definition) is 1. The number of amides is 2. The van der Waals surface area contributed by atoms with Crippen molar-refractivity contribution in [2.75, 3.05) is 11.4 Å². The van der Waals surface area contributed by atoms with Crippen LogP contribution in [0.3, 0.4) is 0 Å². The Morgan fingerprint density at radius 2 is 2.11 bits per heavy atom. The lowest BCUT2D eigenvalue weighted by atomic mass is 10.2. The van der Waals surface area contributed by atoms with Crippen LogP contribution in [0.15, 0.2) is 24.3 Å². The van der Waals surface area contributed by atoms with Gasteiger partial charge in [-0.05, 0) is 30.7 Å². The van der Waals surface area contributed by atoms with Gasteiger partial charge in [0, 0.05) is 30.1 Å². The van der Waals surface area contributed by atoms with E-state index in [0.717, 1.165) is 12.1 Å². The average molecular weight is 281 g/mol. The minimum absolute atomic E-state index is 0.0123. The van der Waals surface area contributed by atoms with Gasteiger partial charge in [0.2, 0.25) is 11.8 Å². The number of hydrogen-bond acceptors (Lipinski definition) is 2. The van der Waals surface area contributed by atoms with Crippen molar-refractivity contribution in [3.63, 3.8) is 0 Å². The molecule has 0 aromatic heterocycles. The molecule has 0 saturated carbocycles. The molecule has 2 amide bonds. The summed E-state index contributed by atoms with van der Waals surface area (Å²) >= 11 is 5.83. The summed E-state index contributed by atoms with van der Waals surface area (Å²) in [5.74, 6) is 0.0439. The average Bonchev–Trinajstić information content (AvgIpc) is 2.71. The number of halogens is 1. The third-order valence-corrected chi connectivity index (χ3v) is 3.36. The number of carbonyl (C=O) groups excluding carboxylic acids is 2. The third-order valence-electron chi connectivity index (χ3n) is 3.11. The monoisotopic (exact) mass is 280 g/mol. The summed E-state index contributed by atoms with van der Waals surface area (Å²) in [5.41, 5.74) is 0.821. The molecule has 1 aliphatic heterocycles. The van der Waals surface area contributed by atoms with Gasteiger partial charge in [0.1, 0.15) is 0 Å². The van der Waals surface area contributed by atoms with Crippen molar-refractivity contribution in [3.05, 3.63) is 29.3 Å². The Kier molecular flexibility index (Phi) is 4.43. The van der Waals surface area contributed by atoms with Crippen molar-refractivity contribution in [2.24, 2.45) is 0 Å². The minimum atomic E-state index is -0.0952. The van der Waals surface area contributed by atoms with Crippen molar-refractivity contribution in [1.29, 1.82) is 0 Å². The number of carbonyl (C=O) groups is 2. The molecule has 0 aliphatic carbocycles. The van der Waals surface area contributed by atoms with E-state index >= 15 is 0 Å². The molecule has 1 aliphatic rings. The summed E-state index contributed by atoms with van der Waals surface area (Å²) in [4.78, 5) is 25.2. The predicted octanol–water partition coefficient (Wildman–Crippen LogP) is 2.36. The zero-order chi connectivity index (χ0) is 13.8. The molecule has 5 heteroatoms. The summed E-state index contributed by atoms with van der Waals surface area (Å²) in [6, 6.07) is 7.05. The van der Waals surface area contributed by atoms with E-state index in [1.54, 1.807) is 17.0 Å². The highest BCUT2D eigenvalue weighted by Gasteiger charge is 2.31. The van der Waals surface area contributed by atoms with Crippen LogP contribution in [0, 0.1) is 0 Å². The standard InChI is InChI=1S/C14H17ClN2O2/c1-2-3-13(18)16-11-8-14(19)17(9-11)12-6-4-10(15)5-7-12/h4-7,11H,2-3,8-9H2,1H3,(H,16,18)/t11-/m1/s1. The molecule has 2 rings (SSSR count). The van der Waals surface area contributed by atoms with E-state index in [1.165, 1.54) is 0 Å². The van der Waals surface area contributed by atoms with Crippen molar-refractivity contribution in [3.8, 4) is 0 Å². The molecule has 1 atom stereocenters. The number of anilines is 1. The highest BCUT2D eigenvalue weighted by Crippen LogP contribution is 2.23. The quantitative estimate of drug-likeness (QED) is 0.920. The predicted molar refractivity (Wildman–Crippen MR) is 75.3 cm³/mol. The van der Waals surface area contributed by atoms with Gasteiger partial charge >= 0.3 is 0 Å². The summed E-state index contributed by atoms with van der Waals surface area (Å²) in [5, 5.41) is 3.54. The van der Waals surface area contributed by atoms with Gasteiger partial charge in [-0.3, -0.25) is 9.59 Å². The fourth-order valence-corrected chi connectivity index (χ4v) is 2.33. The number of nitrogens with one attached hydrogen (secondary N) is 1. The largest absolute Gasteiger partial charge is 0.351 e. The molecule has 1 aromatic rings. The molecule has 4 nitrogen and oxygen atoms in total. The topological polar surface area (TPSA) is 49.4 Å². The number of rotatable bonds is 4. The molecular weight excluding hydrogens is 264 g/mol. The molecule has 0 spiro atoms. The second kappa shape index (κ2) is 6.06. The van der Waals surface area contributed by atoms with Gasteiger partial charge in [0.25, 0.3) is 0 Å². The Balaban J connectivity index is 1.99. The molecule has 0 bridgehead atoms. The Morgan fingerprint density at radius 3 is 2.74 bits per heavy atom. The molecule has 1 saturated heterocycles. The van der Waals surface area contributed by atoms with E-state index in [9.17, 15) is 9.59 Å². The molecule has 19 heavy (non-hydrogen) atoms. The van der Waals surface area contributed by atoms with Gasteiger partial charge in [0.05, 0.1) is 6.04 Å². The Hall–Kier alpha value is -1.55. The Labute approximate surface area is 117 Å². The molecule has 1 N–H and O–H groups in total. The van der Waals surface area contributed by atoms with Crippen molar-refractivity contribution in [2.45, 2.75) is 32.2 Å². The zero-order valence-electron chi connectivity index (χ0n) is 10.9. The number of nitrogens with zero attached hydrogens (tertiary/aromatic N) is 1. The highest BCUT2D eigenvalue weighted by atomic mass is 35.5. The van der Waals surface area contributed by atoms with Gasteiger partial charge in [-0.25, -0.2) is 0 Å². The molecule has 102 valence electrons. The first-order valence-electron chi connectivity index (χ1n) is 6.45. The first-order valence-corrected chi connectivity index (χ1v) is 6.83. The van der Waals surface area contributed by atoms with Crippen LogP contribution >= 0.6 is 11.6 Å². The SMILES string of the molecule is CCCC(=O)N[C@@H]1CC(=O)N(c2ccc(Cl)cc2)C1. The van der Waals surface area contributed by atoms with Gasteiger partial charge in [0.15, 0.2) is 0 Å². The molecule has 0 radical (unpaired) electrons. The van der Waals surface area contributed by atoms with E-state index in [2.05, 4.69) is 5.32 Å². The summed E-state index contributed by atoms with van der Waals surface area (Å²) in [6.07, 6.45) is 1.68. The van der Waals surface area contributed by atoms with Gasteiger partial charge < -0.3 is 10.2 Å². The fraction of sp³-hybridized carbons (Fsp3) is 0.429. The van der Waals surface area contributed by atoms with E-state index in [-0.39, 0.29) is 17.9 Å². The normalized spacial score (nSPS) is 18.7. The number of benzene rings is 1. The van der Waals surface area contributed by atoms with Crippen LogP contribution in [0.2, 0.25) is 5.02 Å². The lowest BCUT2D eigenvalue weighted by Crippen LogP contribution is -2.36. The minimum Gasteiger partial charge on any atom is -0.351 e. The fourth-order valence-electron chi connectivity index (χ4n) is 2.20. The molecule has 1 fully saturated rings. The lowest BCUT2D eigenvalue weighted by Gasteiger charge is -2.17. The van der Waals surface area contributed by atoms with Crippen molar-refractivity contribution < 1.29 is 9.59 Å². The molecule has 1 heterocycles. The summed E-state index contributed by atoms with van der Waals surface area (Å²) in [7, 11) is 0. The highest BCUT2D eigenvalue weighted by molar-refractivity contribution is 6.30. The first kappa shape index (κ1) is 13.9. The van der Waals surface area contributed by atoms with E-state index in [4.69, 9.17) is 11.6 Å². The smallest absolute Gasteiger partial charge is 0.229 e. The summed E-state index contributed by atoms with van der Waals surface area (Å²) in [6.45, 7) is 2.48. The van der Waals surface area contributed by atoms with Crippen LogP contribution in [0.5, 0.6) is 0 Å². The van der Waals surface area contributed by atoms with E-state index in [0.29, 0.717) is 24.4 Å². The maximum atomic E-state index is 12.0.